The molecule has 3 fully saturated rings. The highest BCUT2D eigenvalue weighted by Crippen LogP contribution is 2.45. The Morgan fingerprint density at radius 2 is 1.56 bits per heavy atom. The number of anilines is 1. The average Bonchev–Trinajstić information content (AvgIpc) is 3.33. The van der Waals surface area contributed by atoms with E-state index in [1.807, 2.05) is 6.07 Å². The lowest BCUT2D eigenvalue weighted by molar-refractivity contribution is -0.136. The van der Waals surface area contributed by atoms with Crippen molar-refractivity contribution < 1.29 is 37.4 Å². The zero-order valence-electron chi connectivity index (χ0n) is 28.0. The summed E-state index contributed by atoms with van der Waals surface area (Å²) in [7, 11) is 4.55. The molecule has 1 unspecified atom stereocenters. The van der Waals surface area contributed by atoms with Crippen LogP contribution >= 0.6 is 0 Å². The third kappa shape index (κ3) is 5.70. The van der Waals surface area contributed by atoms with Crippen LogP contribution in [0.5, 0.6) is 11.5 Å². The summed E-state index contributed by atoms with van der Waals surface area (Å²) in [4.78, 5) is 68.1. The molecule has 4 aliphatic heterocycles. The van der Waals surface area contributed by atoms with Gasteiger partial charge in [-0.15, -0.1) is 0 Å². The van der Waals surface area contributed by atoms with Crippen molar-refractivity contribution in [2.45, 2.75) is 44.7 Å². The van der Waals surface area contributed by atoms with Crippen molar-refractivity contribution in [2.75, 3.05) is 45.3 Å². The van der Waals surface area contributed by atoms with Gasteiger partial charge in [0, 0.05) is 50.4 Å². The third-order valence-corrected chi connectivity index (χ3v) is 10.5. The lowest BCUT2D eigenvalue weighted by Gasteiger charge is -2.55. The van der Waals surface area contributed by atoms with Crippen molar-refractivity contribution in [3.8, 4) is 22.6 Å². The second-order valence-electron chi connectivity index (χ2n) is 13.6. The molecule has 14 heteroatoms. The standard InChI is InChI=1S/C36H37F2N5O7/c1-40-16-21(12-25(31(37)38)33(40)46)20-13-28(49-2)26(29(14-20)50-3)17-41-10-8-36(9-11-41)18-42(19-36)22-4-5-23-24(15-22)35(48)43(34(23)47)27-6-7-30(44)39-32(27)45/h4-5,12-16,27,31H,6-11,17-19H2,1-3H3,(H,39,44,45). The molecule has 1 aromatic heterocycles. The smallest absolute Gasteiger partial charge is 0.269 e. The number of carbonyl (C=O) groups is 4. The number of fused-ring (bicyclic) bond motifs is 1. The van der Waals surface area contributed by atoms with Gasteiger partial charge in [-0.25, -0.2) is 8.78 Å². The molecular weight excluding hydrogens is 652 g/mol. The fourth-order valence-corrected chi connectivity index (χ4v) is 7.69. The van der Waals surface area contributed by atoms with Crippen molar-refractivity contribution in [2.24, 2.45) is 12.5 Å². The van der Waals surface area contributed by atoms with E-state index >= 15 is 0 Å². The molecule has 3 aromatic rings. The second-order valence-corrected chi connectivity index (χ2v) is 13.6. The van der Waals surface area contributed by atoms with E-state index in [2.05, 4.69) is 15.1 Å². The topological polar surface area (TPSA) is 130 Å². The van der Waals surface area contributed by atoms with Gasteiger partial charge in [0.2, 0.25) is 11.8 Å². The Balaban J connectivity index is 1.00. The summed E-state index contributed by atoms with van der Waals surface area (Å²) in [5.41, 5.74) is 2.06. The van der Waals surface area contributed by atoms with Crippen LogP contribution in [0.1, 0.15) is 64.0 Å². The Kier molecular flexibility index (Phi) is 8.45. The average molecular weight is 690 g/mol. The molecule has 4 aliphatic rings. The second kappa shape index (κ2) is 12.7. The van der Waals surface area contributed by atoms with Crippen molar-refractivity contribution in [3.05, 3.63) is 75.2 Å². The number of aryl methyl sites for hydroxylation is 1. The number of methoxy groups -OCH3 is 2. The number of ether oxygens (including phenoxy) is 2. The largest absolute Gasteiger partial charge is 0.496 e. The molecule has 7 rings (SSSR count). The predicted octanol–water partition coefficient (Wildman–Crippen LogP) is 3.51. The number of amides is 4. The number of aromatic nitrogens is 1. The SMILES string of the molecule is COc1cc(-c2cc(C(F)F)c(=O)n(C)c2)cc(OC)c1CN1CCC2(CC1)CN(c1ccc3c(c1)C(=O)N(C1CCC(=O)NC1=O)C3=O)C2. The number of hydrogen-bond acceptors (Lipinski definition) is 9. The van der Waals surface area contributed by atoms with Crippen LogP contribution in [0, 0.1) is 5.41 Å². The number of pyridine rings is 1. The molecule has 0 saturated carbocycles. The van der Waals surface area contributed by atoms with Gasteiger partial charge in [0.05, 0.1) is 36.5 Å². The van der Waals surface area contributed by atoms with Crippen molar-refractivity contribution in [3.63, 3.8) is 0 Å². The Morgan fingerprint density at radius 1 is 0.900 bits per heavy atom. The van der Waals surface area contributed by atoms with E-state index in [0.717, 1.165) is 59.7 Å². The van der Waals surface area contributed by atoms with Crippen LogP contribution in [0.3, 0.4) is 0 Å². The van der Waals surface area contributed by atoms with Gasteiger partial charge in [-0.1, -0.05) is 0 Å². The van der Waals surface area contributed by atoms with E-state index < -0.39 is 47.2 Å². The lowest BCUT2D eigenvalue weighted by atomic mass is 9.71. The van der Waals surface area contributed by atoms with Gasteiger partial charge in [-0.05, 0) is 79.9 Å². The molecule has 1 spiro atoms. The van der Waals surface area contributed by atoms with E-state index in [-0.39, 0.29) is 29.4 Å². The molecule has 0 radical (unpaired) electrons. The number of likely N-dealkylation sites (tertiary alicyclic amines) is 1. The lowest BCUT2D eigenvalue weighted by Crippen LogP contribution is -2.60. The summed E-state index contributed by atoms with van der Waals surface area (Å²) >= 11 is 0. The molecule has 5 heterocycles. The summed E-state index contributed by atoms with van der Waals surface area (Å²) in [5.74, 6) is -0.964. The van der Waals surface area contributed by atoms with E-state index in [1.165, 1.54) is 19.3 Å². The van der Waals surface area contributed by atoms with E-state index in [1.54, 1.807) is 38.5 Å². The summed E-state index contributed by atoms with van der Waals surface area (Å²) in [6.07, 6.45) is 0.701. The summed E-state index contributed by atoms with van der Waals surface area (Å²) in [6.45, 7) is 3.84. The first-order valence-corrected chi connectivity index (χ1v) is 16.5. The highest BCUT2D eigenvalue weighted by molar-refractivity contribution is 6.23. The molecule has 12 nitrogen and oxygen atoms in total. The van der Waals surface area contributed by atoms with Crippen LogP contribution in [0.25, 0.3) is 11.1 Å². The van der Waals surface area contributed by atoms with Gasteiger partial charge in [-0.3, -0.25) is 39.1 Å². The number of hydrogen-bond donors (Lipinski definition) is 1. The molecule has 0 aliphatic carbocycles. The number of piperidine rings is 2. The summed E-state index contributed by atoms with van der Waals surface area (Å²) < 4.78 is 39.8. The van der Waals surface area contributed by atoms with Crippen molar-refractivity contribution in [1.29, 1.82) is 0 Å². The third-order valence-electron chi connectivity index (χ3n) is 10.5. The van der Waals surface area contributed by atoms with Crippen LogP contribution < -0.4 is 25.2 Å². The number of nitrogens with zero attached hydrogens (tertiary/aromatic N) is 4. The first-order valence-electron chi connectivity index (χ1n) is 16.5. The van der Waals surface area contributed by atoms with Gasteiger partial charge >= 0.3 is 0 Å². The maximum Gasteiger partial charge on any atom is 0.269 e. The summed E-state index contributed by atoms with van der Waals surface area (Å²) in [6, 6.07) is 8.99. The van der Waals surface area contributed by atoms with E-state index in [4.69, 9.17) is 9.47 Å². The number of nitrogens with one attached hydrogen (secondary N) is 1. The molecule has 3 saturated heterocycles. The number of imide groups is 2. The highest BCUT2D eigenvalue weighted by atomic mass is 19.3. The van der Waals surface area contributed by atoms with Gasteiger partial charge in [0.25, 0.3) is 23.8 Å². The molecule has 1 atom stereocenters. The summed E-state index contributed by atoms with van der Waals surface area (Å²) in [5, 5.41) is 2.22. The van der Waals surface area contributed by atoms with E-state index in [0.29, 0.717) is 29.2 Å². The minimum Gasteiger partial charge on any atom is -0.496 e. The van der Waals surface area contributed by atoms with Crippen LogP contribution in [-0.2, 0) is 23.2 Å². The predicted molar refractivity (Wildman–Crippen MR) is 177 cm³/mol. The first-order chi connectivity index (χ1) is 23.9. The van der Waals surface area contributed by atoms with Crippen LogP contribution in [0.4, 0.5) is 14.5 Å². The molecular formula is C36H37F2N5O7. The Bertz CT molecular complexity index is 1950. The monoisotopic (exact) mass is 689 g/mol. The van der Waals surface area contributed by atoms with Gasteiger partial charge < -0.3 is 18.9 Å². The maximum atomic E-state index is 13.6. The van der Waals surface area contributed by atoms with Gasteiger partial charge in [-0.2, -0.15) is 0 Å². The zero-order valence-corrected chi connectivity index (χ0v) is 28.0. The number of carbonyl (C=O) groups excluding carboxylic acids is 4. The highest BCUT2D eigenvalue weighted by Gasteiger charge is 2.47. The van der Waals surface area contributed by atoms with Crippen molar-refractivity contribution >= 4 is 29.3 Å². The minimum absolute atomic E-state index is 0.0697. The number of rotatable bonds is 8. The van der Waals surface area contributed by atoms with E-state index in [9.17, 15) is 32.8 Å². The fraction of sp³-hybridized carbons (Fsp3) is 0.417. The zero-order chi connectivity index (χ0) is 35.5. The quantitative estimate of drug-likeness (QED) is 0.353. The maximum absolute atomic E-state index is 13.6. The molecule has 262 valence electrons. The van der Waals surface area contributed by atoms with Crippen LogP contribution in [0.2, 0.25) is 0 Å². The number of alkyl halides is 2. The first kappa shape index (κ1) is 33.4. The normalized spacial score (nSPS) is 20.3. The molecule has 2 aromatic carbocycles. The fourth-order valence-electron chi connectivity index (χ4n) is 7.69. The van der Waals surface area contributed by atoms with Crippen LogP contribution in [0.15, 0.2) is 47.4 Å². The number of halogens is 2. The van der Waals surface area contributed by atoms with Gasteiger partial charge in [0.15, 0.2) is 0 Å². The van der Waals surface area contributed by atoms with Gasteiger partial charge in [0.1, 0.15) is 17.5 Å². The Labute approximate surface area is 286 Å². The molecule has 1 N–H and O–H groups in total. The Hall–Kier alpha value is -5.11. The van der Waals surface area contributed by atoms with Crippen LogP contribution in [-0.4, -0.2) is 84.4 Å². The molecule has 4 amide bonds. The molecule has 0 bridgehead atoms. The molecule has 50 heavy (non-hydrogen) atoms. The number of benzene rings is 2. The minimum atomic E-state index is -2.90. The van der Waals surface area contributed by atoms with Crippen molar-refractivity contribution in [1.82, 2.24) is 19.7 Å². The Morgan fingerprint density at radius 3 is 2.18 bits per heavy atom.